The first-order chi connectivity index (χ1) is 8.97. The third kappa shape index (κ3) is 2.91. The fourth-order valence-corrected chi connectivity index (χ4v) is 2.56. The molecule has 0 bridgehead atoms. The van der Waals surface area contributed by atoms with Crippen molar-refractivity contribution in [2.24, 2.45) is 0 Å². The van der Waals surface area contributed by atoms with Gasteiger partial charge >= 0.3 is 0 Å². The zero-order valence-electron chi connectivity index (χ0n) is 10.3. The number of aliphatic hydroxyl groups is 2. The third-order valence-corrected chi connectivity index (χ3v) is 3.92. The number of carbonyl (C=O) groups excluding carboxylic acids is 1. The van der Waals surface area contributed by atoms with E-state index < -0.39 is 11.4 Å². The smallest absolute Gasteiger partial charge is 0.261 e. The van der Waals surface area contributed by atoms with Crippen LogP contribution in [0.25, 0.3) is 10.1 Å². The van der Waals surface area contributed by atoms with Crippen molar-refractivity contribution in [2.45, 2.75) is 12.5 Å². The van der Waals surface area contributed by atoms with Crippen molar-refractivity contribution in [3.63, 3.8) is 0 Å². The second-order valence-corrected chi connectivity index (χ2v) is 5.71. The Balaban J connectivity index is 2.27. The normalized spacial score (nSPS) is 11.8. The summed E-state index contributed by atoms with van der Waals surface area (Å²) < 4.78 is 13.7. The highest BCUT2D eigenvalue weighted by atomic mass is 32.1. The van der Waals surface area contributed by atoms with Crippen molar-refractivity contribution in [2.75, 3.05) is 13.2 Å². The Morgan fingerprint density at radius 2 is 2.05 bits per heavy atom. The number of fused-ring (bicyclic) bond motifs is 1. The van der Waals surface area contributed by atoms with E-state index in [0.717, 1.165) is 5.39 Å². The lowest BCUT2D eigenvalue weighted by molar-refractivity contribution is 0.0727. The van der Waals surface area contributed by atoms with Crippen LogP contribution in [0, 0.1) is 5.82 Å². The molecule has 1 heterocycles. The molecule has 1 amide bonds. The molecule has 6 heteroatoms. The van der Waals surface area contributed by atoms with Crippen LogP contribution in [0.4, 0.5) is 4.39 Å². The van der Waals surface area contributed by atoms with Crippen LogP contribution in [0.1, 0.15) is 16.6 Å². The monoisotopic (exact) mass is 283 g/mol. The first kappa shape index (κ1) is 13.9. The number of hydrogen-bond donors (Lipinski definition) is 3. The first-order valence-corrected chi connectivity index (χ1v) is 6.52. The SMILES string of the molecule is CC(CO)(CO)NC(=O)c1cc2ccc(F)cc2s1. The van der Waals surface area contributed by atoms with Crippen molar-refractivity contribution >= 4 is 27.3 Å². The number of halogens is 1. The molecule has 0 aliphatic rings. The third-order valence-electron chi connectivity index (χ3n) is 2.82. The fourth-order valence-electron chi connectivity index (χ4n) is 1.58. The van der Waals surface area contributed by atoms with E-state index >= 15 is 0 Å². The predicted octanol–water partition coefficient (Wildman–Crippen LogP) is 1.51. The van der Waals surface area contributed by atoms with Gasteiger partial charge in [0.1, 0.15) is 5.82 Å². The average Bonchev–Trinajstić information content (AvgIpc) is 2.81. The van der Waals surface area contributed by atoms with Gasteiger partial charge in [0, 0.05) is 4.70 Å². The predicted molar refractivity (Wildman–Crippen MR) is 71.8 cm³/mol. The maximum Gasteiger partial charge on any atom is 0.261 e. The lowest BCUT2D eigenvalue weighted by Crippen LogP contribution is -2.51. The molecule has 4 nitrogen and oxygen atoms in total. The molecule has 0 atom stereocenters. The number of carbonyl (C=O) groups is 1. The Morgan fingerprint density at radius 3 is 2.68 bits per heavy atom. The summed E-state index contributed by atoms with van der Waals surface area (Å²) in [5, 5.41) is 21.6. The van der Waals surface area contributed by atoms with Crippen LogP contribution < -0.4 is 5.32 Å². The molecule has 102 valence electrons. The molecular formula is C13H14FNO3S. The maximum atomic E-state index is 13.1. The van der Waals surface area contributed by atoms with E-state index in [2.05, 4.69) is 5.32 Å². The van der Waals surface area contributed by atoms with Gasteiger partial charge in [0.15, 0.2) is 0 Å². The molecule has 2 rings (SSSR count). The summed E-state index contributed by atoms with van der Waals surface area (Å²) in [7, 11) is 0. The van der Waals surface area contributed by atoms with E-state index in [1.165, 1.54) is 30.4 Å². The van der Waals surface area contributed by atoms with Crippen LogP contribution in [0.2, 0.25) is 0 Å². The molecule has 0 saturated heterocycles. The van der Waals surface area contributed by atoms with Crippen LogP contribution in [-0.4, -0.2) is 34.9 Å². The van der Waals surface area contributed by atoms with Crippen LogP contribution in [-0.2, 0) is 0 Å². The van der Waals surface area contributed by atoms with Crippen molar-refractivity contribution in [3.05, 3.63) is 35.0 Å². The minimum absolute atomic E-state index is 0.350. The molecule has 0 radical (unpaired) electrons. The van der Waals surface area contributed by atoms with Crippen LogP contribution in [0.3, 0.4) is 0 Å². The average molecular weight is 283 g/mol. The van der Waals surface area contributed by atoms with Gasteiger partial charge in [-0.1, -0.05) is 6.07 Å². The molecule has 3 N–H and O–H groups in total. The van der Waals surface area contributed by atoms with E-state index in [1.807, 2.05) is 0 Å². The molecule has 1 aromatic heterocycles. The number of nitrogens with one attached hydrogen (secondary N) is 1. The van der Waals surface area contributed by atoms with Crippen molar-refractivity contribution in [3.8, 4) is 0 Å². The van der Waals surface area contributed by atoms with Gasteiger partial charge in [-0.25, -0.2) is 4.39 Å². The second-order valence-electron chi connectivity index (χ2n) is 4.62. The summed E-state index contributed by atoms with van der Waals surface area (Å²) in [5.74, 6) is -0.746. The number of amides is 1. The Labute approximate surface area is 113 Å². The van der Waals surface area contributed by atoms with Crippen LogP contribution in [0.15, 0.2) is 24.3 Å². The van der Waals surface area contributed by atoms with Gasteiger partial charge in [0.25, 0.3) is 5.91 Å². The van der Waals surface area contributed by atoms with Gasteiger partial charge < -0.3 is 15.5 Å². The molecule has 2 aromatic rings. The summed E-state index contributed by atoms with van der Waals surface area (Å²) in [4.78, 5) is 12.4. The molecule has 0 aliphatic carbocycles. The Kier molecular flexibility index (Phi) is 3.84. The Hall–Kier alpha value is -1.50. The zero-order chi connectivity index (χ0) is 14.0. The number of rotatable bonds is 4. The van der Waals surface area contributed by atoms with Crippen LogP contribution in [0.5, 0.6) is 0 Å². The minimum atomic E-state index is -1.07. The summed E-state index contributed by atoms with van der Waals surface area (Å²) in [6.07, 6.45) is 0. The number of thiophene rings is 1. The molecule has 19 heavy (non-hydrogen) atoms. The van der Waals surface area contributed by atoms with Gasteiger partial charge in [-0.3, -0.25) is 4.79 Å². The van der Waals surface area contributed by atoms with Crippen molar-refractivity contribution in [1.82, 2.24) is 5.32 Å². The van der Waals surface area contributed by atoms with Gasteiger partial charge in [-0.15, -0.1) is 11.3 Å². The molecule has 0 unspecified atom stereocenters. The van der Waals surface area contributed by atoms with Crippen molar-refractivity contribution in [1.29, 1.82) is 0 Å². The summed E-state index contributed by atoms with van der Waals surface area (Å²) >= 11 is 1.17. The first-order valence-electron chi connectivity index (χ1n) is 5.71. The lowest BCUT2D eigenvalue weighted by atomic mass is 10.1. The highest BCUT2D eigenvalue weighted by molar-refractivity contribution is 7.20. The van der Waals surface area contributed by atoms with E-state index in [-0.39, 0.29) is 19.0 Å². The summed E-state index contributed by atoms with van der Waals surface area (Å²) in [6, 6.07) is 5.97. The van der Waals surface area contributed by atoms with E-state index in [9.17, 15) is 9.18 Å². The van der Waals surface area contributed by atoms with E-state index in [1.54, 1.807) is 12.1 Å². The quantitative estimate of drug-likeness (QED) is 0.796. The number of benzene rings is 1. The lowest BCUT2D eigenvalue weighted by Gasteiger charge is -2.25. The Bertz CT molecular complexity index is 607. The van der Waals surface area contributed by atoms with Gasteiger partial charge in [0.2, 0.25) is 0 Å². The number of hydrogen-bond acceptors (Lipinski definition) is 4. The second kappa shape index (κ2) is 5.24. The molecule has 1 aromatic carbocycles. The topological polar surface area (TPSA) is 69.6 Å². The van der Waals surface area contributed by atoms with Crippen molar-refractivity contribution < 1.29 is 19.4 Å². The maximum absolute atomic E-state index is 13.1. The molecule has 0 fully saturated rings. The van der Waals surface area contributed by atoms with Crippen LogP contribution >= 0.6 is 11.3 Å². The largest absolute Gasteiger partial charge is 0.394 e. The van der Waals surface area contributed by atoms with Gasteiger partial charge in [-0.2, -0.15) is 0 Å². The summed E-state index contributed by atoms with van der Waals surface area (Å²) in [5.41, 5.74) is -1.07. The minimum Gasteiger partial charge on any atom is -0.394 e. The molecule has 0 spiro atoms. The standard InChI is InChI=1S/C13H14FNO3S/c1-13(6-16,7-17)15-12(18)11-4-8-2-3-9(14)5-10(8)19-11/h2-5,16-17H,6-7H2,1H3,(H,15,18). The molecule has 0 aliphatic heterocycles. The highest BCUT2D eigenvalue weighted by Gasteiger charge is 2.25. The highest BCUT2D eigenvalue weighted by Crippen LogP contribution is 2.26. The van der Waals surface area contributed by atoms with Gasteiger partial charge in [-0.05, 0) is 30.5 Å². The summed E-state index contributed by atoms with van der Waals surface area (Å²) in [6.45, 7) is 0.807. The van der Waals surface area contributed by atoms with Gasteiger partial charge in [0.05, 0.1) is 23.6 Å². The number of aliphatic hydroxyl groups excluding tert-OH is 2. The van der Waals surface area contributed by atoms with E-state index in [0.29, 0.717) is 9.58 Å². The molecule has 0 saturated carbocycles. The van der Waals surface area contributed by atoms with E-state index in [4.69, 9.17) is 10.2 Å². The Morgan fingerprint density at radius 1 is 1.37 bits per heavy atom. The fraction of sp³-hybridized carbons (Fsp3) is 0.308. The zero-order valence-corrected chi connectivity index (χ0v) is 11.1. The molecular weight excluding hydrogens is 269 g/mol.